The van der Waals surface area contributed by atoms with Gasteiger partial charge in [0.15, 0.2) is 0 Å². The van der Waals surface area contributed by atoms with Crippen LogP contribution in [0, 0.1) is 29.9 Å². The first-order valence-corrected chi connectivity index (χ1v) is 9.55. The second-order valence-corrected chi connectivity index (χ2v) is 8.00. The number of nitro groups is 1. The van der Waals surface area contributed by atoms with Crippen LogP contribution in [0.1, 0.15) is 30.9 Å². The van der Waals surface area contributed by atoms with Crippen molar-refractivity contribution in [3.63, 3.8) is 0 Å². The number of esters is 1. The van der Waals surface area contributed by atoms with Gasteiger partial charge in [0.25, 0.3) is 5.69 Å². The van der Waals surface area contributed by atoms with Crippen molar-refractivity contribution in [1.82, 2.24) is 4.31 Å². The minimum Gasteiger partial charge on any atom is -0.466 e. The average molecular weight is 370 g/mol. The van der Waals surface area contributed by atoms with Gasteiger partial charge in [-0.1, -0.05) is 0 Å². The summed E-state index contributed by atoms with van der Waals surface area (Å²) in [4.78, 5) is 22.3. The molecule has 138 valence electrons. The number of carbonyl (C=O) groups is 1. The van der Waals surface area contributed by atoms with Crippen molar-refractivity contribution in [2.24, 2.45) is 5.92 Å². The largest absolute Gasteiger partial charge is 0.466 e. The van der Waals surface area contributed by atoms with Crippen molar-refractivity contribution in [2.45, 2.75) is 38.5 Å². The first kappa shape index (κ1) is 19.3. The van der Waals surface area contributed by atoms with Crippen molar-refractivity contribution in [3.8, 4) is 0 Å². The lowest BCUT2D eigenvalue weighted by Crippen LogP contribution is -2.43. The van der Waals surface area contributed by atoms with E-state index in [4.69, 9.17) is 4.74 Å². The van der Waals surface area contributed by atoms with Gasteiger partial charge in [-0.15, -0.1) is 0 Å². The van der Waals surface area contributed by atoms with Crippen LogP contribution in [0.4, 0.5) is 5.69 Å². The van der Waals surface area contributed by atoms with E-state index in [1.54, 1.807) is 20.8 Å². The monoisotopic (exact) mass is 370 g/mol. The highest BCUT2D eigenvalue weighted by Gasteiger charge is 2.35. The van der Waals surface area contributed by atoms with E-state index in [-0.39, 0.29) is 30.3 Å². The molecular weight excluding hydrogens is 348 g/mol. The Kier molecular flexibility index (Phi) is 5.79. The number of nitro benzene ring substituents is 1. The van der Waals surface area contributed by atoms with Crippen LogP contribution in [0.5, 0.6) is 0 Å². The van der Waals surface area contributed by atoms with Gasteiger partial charge in [0.05, 0.1) is 22.3 Å². The van der Waals surface area contributed by atoms with Gasteiger partial charge in [-0.05, 0) is 44.7 Å². The molecule has 1 aliphatic rings. The molecule has 0 aromatic heterocycles. The number of hydrogen-bond acceptors (Lipinski definition) is 6. The van der Waals surface area contributed by atoms with E-state index in [0.29, 0.717) is 24.0 Å². The van der Waals surface area contributed by atoms with E-state index in [1.807, 2.05) is 0 Å². The molecule has 0 saturated carbocycles. The first-order valence-electron chi connectivity index (χ1n) is 8.11. The predicted molar refractivity (Wildman–Crippen MR) is 90.7 cm³/mol. The van der Waals surface area contributed by atoms with Crippen LogP contribution >= 0.6 is 0 Å². The minimum atomic E-state index is -3.93. The quantitative estimate of drug-likeness (QED) is 0.447. The summed E-state index contributed by atoms with van der Waals surface area (Å²) < 4.78 is 32.2. The van der Waals surface area contributed by atoms with Crippen molar-refractivity contribution >= 4 is 21.7 Å². The highest BCUT2D eigenvalue weighted by Crippen LogP contribution is 2.30. The first-order chi connectivity index (χ1) is 11.7. The summed E-state index contributed by atoms with van der Waals surface area (Å²) >= 11 is 0. The molecule has 0 amide bonds. The molecule has 8 nitrogen and oxygen atoms in total. The Bertz CT molecular complexity index is 790. The summed E-state index contributed by atoms with van der Waals surface area (Å²) in [5.74, 6) is -0.919. The van der Waals surface area contributed by atoms with E-state index in [0.717, 1.165) is 6.07 Å². The third-order valence-corrected chi connectivity index (χ3v) is 6.43. The molecule has 0 aliphatic carbocycles. The number of carbonyl (C=O) groups excluding carboxylic acids is 1. The van der Waals surface area contributed by atoms with Gasteiger partial charge in [-0.2, -0.15) is 4.31 Å². The molecule has 1 aromatic carbocycles. The third kappa shape index (κ3) is 3.98. The Balaban J connectivity index is 2.38. The van der Waals surface area contributed by atoms with Crippen molar-refractivity contribution in [3.05, 3.63) is 33.4 Å². The standard InChI is InChI=1S/C16H22N2O6S/c1-4-24-16(19)13-6-5-7-17(10-13)25(22,23)15-9-14(18(20)21)8-11(2)12(15)3/h8-9,13H,4-7,10H2,1-3H3. The zero-order valence-corrected chi connectivity index (χ0v) is 15.3. The fourth-order valence-corrected chi connectivity index (χ4v) is 4.78. The fraction of sp³-hybridized carbons (Fsp3) is 0.562. The highest BCUT2D eigenvalue weighted by molar-refractivity contribution is 7.89. The number of benzene rings is 1. The Labute approximate surface area is 147 Å². The number of non-ortho nitro benzene ring substituents is 1. The summed E-state index contributed by atoms with van der Waals surface area (Å²) in [5, 5.41) is 11.1. The summed E-state index contributed by atoms with van der Waals surface area (Å²) in [6.07, 6.45) is 1.10. The number of piperidine rings is 1. The lowest BCUT2D eigenvalue weighted by molar-refractivity contribution is -0.385. The van der Waals surface area contributed by atoms with Gasteiger partial charge < -0.3 is 4.74 Å². The smallest absolute Gasteiger partial charge is 0.310 e. The summed E-state index contributed by atoms with van der Waals surface area (Å²) in [6, 6.07) is 2.44. The van der Waals surface area contributed by atoms with Gasteiger partial charge in [0, 0.05) is 25.2 Å². The van der Waals surface area contributed by atoms with Crippen LogP contribution in [-0.4, -0.2) is 43.3 Å². The molecule has 1 aliphatic heterocycles. The van der Waals surface area contributed by atoms with Crippen LogP contribution < -0.4 is 0 Å². The van der Waals surface area contributed by atoms with Crippen LogP contribution in [0.25, 0.3) is 0 Å². The number of ether oxygens (including phenoxy) is 1. The Morgan fingerprint density at radius 3 is 2.68 bits per heavy atom. The topological polar surface area (TPSA) is 107 Å². The van der Waals surface area contributed by atoms with Crippen LogP contribution in [-0.2, 0) is 19.6 Å². The Hall–Kier alpha value is -2.00. The van der Waals surface area contributed by atoms with Gasteiger partial charge in [0.2, 0.25) is 10.0 Å². The fourth-order valence-electron chi connectivity index (χ4n) is 2.93. The molecule has 25 heavy (non-hydrogen) atoms. The lowest BCUT2D eigenvalue weighted by Gasteiger charge is -2.31. The van der Waals surface area contributed by atoms with Crippen molar-refractivity contribution in [2.75, 3.05) is 19.7 Å². The second kappa shape index (κ2) is 7.49. The van der Waals surface area contributed by atoms with Crippen molar-refractivity contribution < 1.29 is 22.9 Å². The van der Waals surface area contributed by atoms with E-state index in [2.05, 4.69) is 0 Å². The maximum Gasteiger partial charge on any atom is 0.310 e. The van der Waals surface area contributed by atoms with Crippen LogP contribution in [0.3, 0.4) is 0 Å². The zero-order valence-electron chi connectivity index (χ0n) is 14.5. The maximum atomic E-state index is 13.0. The number of sulfonamides is 1. The van der Waals surface area contributed by atoms with E-state index < -0.39 is 26.8 Å². The van der Waals surface area contributed by atoms with Crippen LogP contribution in [0.15, 0.2) is 17.0 Å². The third-order valence-electron chi connectivity index (χ3n) is 4.44. The molecule has 9 heteroatoms. The van der Waals surface area contributed by atoms with E-state index in [9.17, 15) is 23.3 Å². The number of nitrogens with zero attached hydrogens (tertiary/aromatic N) is 2. The molecule has 1 saturated heterocycles. The van der Waals surface area contributed by atoms with Gasteiger partial charge in [-0.3, -0.25) is 14.9 Å². The summed E-state index contributed by atoms with van der Waals surface area (Å²) in [7, 11) is -3.93. The molecule has 1 heterocycles. The molecule has 0 N–H and O–H groups in total. The summed E-state index contributed by atoms with van der Waals surface area (Å²) in [6.45, 7) is 5.51. The van der Waals surface area contributed by atoms with Gasteiger partial charge in [-0.25, -0.2) is 8.42 Å². The number of rotatable bonds is 5. The maximum absolute atomic E-state index is 13.0. The van der Waals surface area contributed by atoms with Gasteiger partial charge in [0.1, 0.15) is 0 Å². The molecule has 0 bridgehead atoms. The normalized spacial score (nSPS) is 18.8. The Morgan fingerprint density at radius 1 is 1.40 bits per heavy atom. The molecule has 1 unspecified atom stereocenters. The molecule has 1 atom stereocenters. The van der Waals surface area contributed by atoms with Crippen molar-refractivity contribution in [1.29, 1.82) is 0 Å². The predicted octanol–water partition coefficient (Wildman–Crippen LogP) is 2.18. The molecule has 0 radical (unpaired) electrons. The Morgan fingerprint density at radius 2 is 2.08 bits per heavy atom. The number of aryl methyl sites for hydroxylation is 1. The van der Waals surface area contributed by atoms with Gasteiger partial charge >= 0.3 is 5.97 Å². The highest BCUT2D eigenvalue weighted by atomic mass is 32.2. The zero-order chi connectivity index (χ0) is 18.8. The van der Waals surface area contributed by atoms with E-state index >= 15 is 0 Å². The number of hydrogen-bond donors (Lipinski definition) is 0. The molecule has 0 spiro atoms. The van der Waals surface area contributed by atoms with Crippen LogP contribution in [0.2, 0.25) is 0 Å². The average Bonchev–Trinajstić information content (AvgIpc) is 2.57. The van der Waals surface area contributed by atoms with E-state index in [1.165, 1.54) is 10.4 Å². The SMILES string of the molecule is CCOC(=O)C1CCCN(S(=O)(=O)c2cc([N+](=O)[O-])cc(C)c2C)C1. The molecular formula is C16H22N2O6S. The lowest BCUT2D eigenvalue weighted by atomic mass is 10.0. The molecule has 2 rings (SSSR count). The summed E-state index contributed by atoms with van der Waals surface area (Å²) in [5.41, 5.74) is 0.746. The molecule has 1 fully saturated rings. The minimum absolute atomic E-state index is 0.0301. The molecule has 1 aromatic rings. The second-order valence-electron chi connectivity index (χ2n) is 6.10.